The number of carbonyl (C=O) groups excluding carboxylic acids is 1. The average Bonchev–Trinajstić information content (AvgIpc) is 3.39. The molecule has 150 valence electrons. The van der Waals surface area contributed by atoms with Crippen molar-refractivity contribution in [3.8, 4) is 11.3 Å². The smallest absolute Gasteiger partial charge is 0.280 e. The van der Waals surface area contributed by atoms with Gasteiger partial charge in [0.15, 0.2) is 4.34 Å². The molecule has 0 aliphatic carbocycles. The van der Waals surface area contributed by atoms with E-state index in [1.54, 1.807) is 30.3 Å². The second-order valence-electron chi connectivity index (χ2n) is 6.01. The predicted molar refractivity (Wildman–Crippen MR) is 117 cm³/mol. The highest BCUT2D eigenvalue weighted by Gasteiger charge is 2.16. The van der Waals surface area contributed by atoms with Gasteiger partial charge in [0.1, 0.15) is 11.5 Å². The van der Waals surface area contributed by atoms with Crippen LogP contribution in [-0.4, -0.2) is 27.8 Å². The van der Waals surface area contributed by atoms with Crippen molar-refractivity contribution < 1.29 is 14.1 Å². The molecule has 1 amide bonds. The largest absolute Gasteiger partial charge is 0.455 e. The lowest BCUT2D eigenvalue weighted by Gasteiger charge is -1.98. The first-order valence-corrected chi connectivity index (χ1v) is 10.5. The van der Waals surface area contributed by atoms with Gasteiger partial charge in [-0.25, -0.2) is 10.4 Å². The minimum atomic E-state index is -0.463. The van der Waals surface area contributed by atoms with E-state index in [1.165, 1.54) is 35.4 Å². The van der Waals surface area contributed by atoms with E-state index >= 15 is 0 Å². The number of fused-ring (bicyclic) bond motifs is 1. The number of para-hydroxylation sites is 2. The fourth-order valence-corrected chi connectivity index (χ4v) is 4.51. The molecule has 10 heteroatoms. The van der Waals surface area contributed by atoms with Crippen LogP contribution in [0, 0.1) is 10.1 Å². The number of nitro groups is 1. The molecular weight excluding hydrogens is 424 g/mol. The Kier molecular flexibility index (Phi) is 5.87. The summed E-state index contributed by atoms with van der Waals surface area (Å²) >= 11 is 2.87. The highest BCUT2D eigenvalue weighted by molar-refractivity contribution is 8.01. The van der Waals surface area contributed by atoms with E-state index in [2.05, 4.69) is 15.5 Å². The van der Waals surface area contributed by atoms with Gasteiger partial charge < -0.3 is 4.42 Å². The molecule has 8 nitrogen and oxygen atoms in total. The van der Waals surface area contributed by atoms with Gasteiger partial charge >= 0.3 is 0 Å². The van der Waals surface area contributed by atoms with Crippen LogP contribution in [-0.2, 0) is 4.79 Å². The Hall–Kier alpha value is -3.50. The van der Waals surface area contributed by atoms with Crippen LogP contribution in [0.15, 0.2) is 74.5 Å². The first kappa shape index (κ1) is 19.8. The van der Waals surface area contributed by atoms with Gasteiger partial charge in [0.05, 0.1) is 32.7 Å². The third-order valence-electron chi connectivity index (χ3n) is 3.98. The molecule has 2 aromatic heterocycles. The average molecular weight is 438 g/mol. The van der Waals surface area contributed by atoms with E-state index in [9.17, 15) is 14.9 Å². The molecule has 0 fully saturated rings. The van der Waals surface area contributed by atoms with Crippen LogP contribution in [0.5, 0.6) is 0 Å². The molecule has 0 bridgehead atoms. The molecule has 0 saturated heterocycles. The van der Waals surface area contributed by atoms with Gasteiger partial charge in [-0.05, 0) is 30.3 Å². The van der Waals surface area contributed by atoms with Crippen molar-refractivity contribution in [3.63, 3.8) is 0 Å². The Morgan fingerprint density at radius 2 is 2.00 bits per heavy atom. The number of hydrogen-bond donors (Lipinski definition) is 1. The number of aromatic nitrogens is 1. The number of nitrogens with zero attached hydrogens (tertiary/aromatic N) is 3. The third kappa shape index (κ3) is 4.56. The fourth-order valence-electron chi connectivity index (χ4n) is 2.65. The Bertz CT molecular complexity index is 1220. The summed E-state index contributed by atoms with van der Waals surface area (Å²) in [6, 6.07) is 17.3. The maximum Gasteiger partial charge on any atom is 0.280 e. The van der Waals surface area contributed by atoms with Gasteiger partial charge in [0.2, 0.25) is 0 Å². The van der Waals surface area contributed by atoms with Crippen molar-refractivity contribution in [3.05, 3.63) is 76.5 Å². The second-order valence-corrected chi connectivity index (χ2v) is 8.26. The van der Waals surface area contributed by atoms with E-state index < -0.39 is 4.92 Å². The highest BCUT2D eigenvalue weighted by Crippen LogP contribution is 2.31. The summed E-state index contributed by atoms with van der Waals surface area (Å²) in [5.41, 5.74) is 3.67. The van der Waals surface area contributed by atoms with Gasteiger partial charge in [-0.2, -0.15) is 5.10 Å². The number of carbonyl (C=O) groups is 1. The summed E-state index contributed by atoms with van der Waals surface area (Å²) in [6.45, 7) is 0. The second kappa shape index (κ2) is 8.89. The van der Waals surface area contributed by atoms with Crippen LogP contribution in [0.25, 0.3) is 21.5 Å². The zero-order valence-corrected chi connectivity index (χ0v) is 17.0. The normalized spacial score (nSPS) is 11.2. The van der Waals surface area contributed by atoms with Gasteiger partial charge in [-0.1, -0.05) is 36.0 Å². The molecule has 2 aromatic carbocycles. The van der Waals surface area contributed by atoms with E-state index in [4.69, 9.17) is 4.42 Å². The summed E-state index contributed by atoms with van der Waals surface area (Å²) in [5, 5.41) is 15.0. The maximum absolute atomic E-state index is 12.0. The molecule has 30 heavy (non-hydrogen) atoms. The lowest BCUT2D eigenvalue weighted by Crippen LogP contribution is -2.19. The van der Waals surface area contributed by atoms with Crippen molar-refractivity contribution >= 4 is 51.1 Å². The minimum absolute atomic E-state index is 0.0458. The molecule has 0 radical (unpaired) electrons. The highest BCUT2D eigenvalue weighted by atomic mass is 32.2. The minimum Gasteiger partial charge on any atom is -0.455 e. The number of nitro benzene ring substituents is 1. The number of hydrogen-bond acceptors (Lipinski definition) is 8. The van der Waals surface area contributed by atoms with Gasteiger partial charge in [0, 0.05) is 6.07 Å². The number of furan rings is 1. The number of thioether (sulfide) groups is 1. The topological polar surface area (TPSA) is 111 Å². The Morgan fingerprint density at radius 1 is 1.20 bits per heavy atom. The molecule has 4 aromatic rings. The molecule has 2 heterocycles. The van der Waals surface area contributed by atoms with Gasteiger partial charge in [-0.15, -0.1) is 11.3 Å². The molecule has 4 rings (SSSR count). The van der Waals surface area contributed by atoms with Crippen molar-refractivity contribution in [2.24, 2.45) is 5.10 Å². The molecular formula is C20H14N4O4S2. The number of hydrazone groups is 1. The van der Waals surface area contributed by atoms with Crippen molar-refractivity contribution in [1.82, 2.24) is 10.4 Å². The summed E-state index contributed by atoms with van der Waals surface area (Å²) in [4.78, 5) is 27.1. The summed E-state index contributed by atoms with van der Waals surface area (Å²) in [5.74, 6) is 0.612. The quantitative estimate of drug-likeness (QED) is 0.194. The molecule has 1 N–H and O–H groups in total. The van der Waals surface area contributed by atoms with E-state index in [0.717, 1.165) is 14.6 Å². The van der Waals surface area contributed by atoms with Crippen LogP contribution in [0.4, 0.5) is 5.69 Å². The standard InChI is InChI=1S/C20H14N4O4S2/c25-19(12-29-20-22-15-6-2-4-8-18(15)30-20)23-21-11-13-9-10-17(28-13)14-5-1-3-7-16(14)24(26)27/h1-11H,12H2,(H,23,25)/b21-11-. The van der Waals surface area contributed by atoms with E-state index in [-0.39, 0.29) is 17.3 Å². The Labute approximate surface area is 178 Å². The first-order valence-electron chi connectivity index (χ1n) is 8.74. The Balaban J connectivity index is 1.33. The fraction of sp³-hybridized carbons (Fsp3) is 0.0500. The van der Waals surface area contributed by atoms with Crippen LogP contribution in [0.3, 0.4) is 0 Å². The molecule has 0 spiro atoms. The summed E-state index contributed by atoms with van der Waals surface area (Å²) in [6.07, 6.45) is 1.35. The van der Waals surface area contributed by atoms with Crippen molar-refractivity contribution in [2.45, 2.75) is 4.34 Å². The SMILES string of the molecule is O=C(CSc1nc2ccccc2s1)N/N=C\c1ccc(-c2ccccc2[N+](=O)[O-])o1. The third-order valence-corrected chi connectivity index (χ3v) is 6.15. The number of benzene rings is 2. The molecule has 0 atom stereocenters. The summed E-state index contributed by atoms with van der Waals surface area (Å²) in [7, 11) is 0. The zero-order chi connectivity index (χ0) is 20.9. The number of thiazole rings is 1. The first-order chi connectivity index (χ1) is 14.6. The molecule has 0 saturated carbocycles. The molecule has 0 aliphatic rings. The van der Waals surface area contributed by atoms with Crippen molar-refractivity contribution in [2.75, 3.05) is 5.75 Å². The molecule has 0 unspecified atom stereocenters. The number of amides is 1. The van der Waals surface area contributed by atoms with Gasteiger partial charge in [0.25, 0.3) is 11.6 Å². The van der Waals surface area contributed by atoms with Crippen LogP contribution in [0.1, 0.15) is 5.76 Å². The molecule has 0 aliphatic heterocycles. The lowest BCUT2D eigenvalue weighted by atomic mass is 10.1. The lowest BCUT2D eigenvalue weighted by molar-refractivity contribution is -0.384. The maximum atomic E-state index is 12.0. The van der Waals surface area contributed by atoms with Crippen LogP contribution in [0.2, 0.25) is 0 Å². The van der Waals surface area contributed by atoms with E-state index in [1.807, 2.05) is 24.3 Å². The monoisotopic (exact) mass is 438 g/mol. The number of nitrogens with one attached hydrogen (secondary N) is 1. The number of rotatable bonds is 7. The predicted octanol–water partition coefficient (Wildman–Crippen LogP) is 4.71. The van der Waals surface area contributed by atoms with Crippen molar-refractivity contribution in [1.29, 1.82) is 0 Å². The van der Waals surface area contributed by atoms with E-state index in [0.29, 0.717) is 17.1 Å². The Morgan fingerprint density at radius 3 is 2.83 bits per heavy atom. The van der Waals surface area contributed by atoms with Crippen LogP contribution < -0.4 is 5.43 Å². The zero-order valence-electron chi connectivity index (χ0n) is 15.3. The van der Waals surface area contributed by atoms with Crippen LogP contribution >= 0.6 is 23.1 Å². The summed E-state index contributed by atoms with van der Waals surface area (Å²) < 4.78 is 7.48. The van der Waals surface area contributed by atoms with Gasteiger partial charge in [-0.3, -0.25) is 14.9 Å².